The Kier molecular flexibility index (Phi) is 6.03. The van der Waals surface area contributed by atoms with Crippen LogP contribution in [-0.2, 0) is 22.2 Å². The van der Waals surface area contributed by atoms with Crippen LogP contribution in [0.25, 0.3) is 11.3 Å². The van der Waals surface area contributed by atoms with Gasteiger partial charge in [-0.05, 0) is 31.4 Å². The SMILES string of the molecule is C[Si](C)(C)Cn1nnc(-c2ccc([N+](=O)[O-])cc2)c1COC1CCCCO1. The molecule has 1 aromatic carbocycles. The smallest absolute Gasteiger partial charge is 0.269 e. The van der Waals surface area contributed by atoms with Gasteiger partial charge in [-0.3, -0.25) is 10.1 Å². The highest BCUT2D eigenvalue weighted by molar-refractivity contribution is 6.74. The molecule has 0 amide bonds. The Bertz CT molecular complexity index is 780. The van der Waals surface area contributed by atoms with E-state index in [1.807, 2.05) is 4.68 Å². The molecule has 1 unspecified atom stereocenters. The zero-order chi connectivity index (χ0) is 19.4. The molecule has 0 N–H and O–H groups in total. The molecule has 27 heavy (non-hydrogen) atoms. The molecule has 0 saturated carbocycles. The van der Waals surface area contributed by atoms with Gasteiger partial charge in [0.25, 0.3) is 5.69 Å². The minimum atomic E-state index is -1.43. The molecular weight excluding hydrogens is 364 g/mol. The Balaban J connectivity index is 1.86. The maximum Gasteiger partial charge on any atom is 0.269 e. The number of hydrogen-bond acceptors (Lipinski definition) is 6. The number of rotatable bonds is 7. The van der Waals surface area contributed by atoms with Gasteiger partial charge in [-0.25, -0.2) is 4.68 Å². The zero-order valence-corrected chi connectivity index (χ0v) is 17.1. The highest BCUT2D eigenvalue weighted by Crippen LogP contribution is 2.26. The second kappa shape index (κ2) is 8.28. The molecule has 1 aromatic heterocycles. The number of ether oxygens (including phenoxy) is 2. The third-order valence-corrected chi connectivity index (χ3v) is 5.61. The van der Waals surface area contributed by atoms with Gasteiger partial charge >= 0.3 is 0 Å². The van der Waals surface area contributed by atoms with Gasteiger partial charge in [-0.1, -0.05) is 24.9 Å². The molecule has 3 rings (SSSR count). The summed E-state index contributed by atoms with van der Waals surface area (Å²) in [6.07, 6.45) is 3.70. The molecule has 1 atom stereocenters. The van der Waals surface area contributed by atoms with E-state index in [0.717, 1.165) is 43.3 Å². The fourth-order valence-electron chi connectivity index (χ4n) is 3.03. The van der Waals surface area contributed by atoms with Crippen LogP contribution in [0.4, 0.5) is 5.69 Å². The minimum absolute atomic E-state index is 0.0571. The lowest BCUT2D eigenvalue weighted by atomic mass is 10.1. The molecule has 0 aliphatic carbocycles. The van der Waals surface area contributed by atoms with Crippen molar-refractivity contribution >= 4 is 13.8 Å². The molecule has 9 heteroatoms. The van der Waals surface area contributed by atoms with Crippen LogP contribution in [0.3, 0.4) is 0 Å². The van der Waals surface area contributed by atoms with E-state index >= 15 is 0 Å². The second-order valence-electron chi connectivity index (χ2n) is 8.01. The molecule has 0 spiro atoms. The Labute approximate surface area is 159 Å². The molecule has 1 saturated heterocycles. The van der Waals surface area contributed by atoms with Crippen LogP contribution in [0.1, 0.15) is 25.0 Å². The number of nitro benzene ring substituents is 1. The summed E-state index contributed by atoms with van der Waals surface area (Å²) in [5.74, 6) is 0. The van der Waals surface area contributed by atoms with Crippen LogP contribution in [-0.4, -0.2) is 40.9 Å². The lowest BCUT2D eigenvalue weighted by molar-refractivity contribution is -0.384. The first kappa shape index (κ1) is 19.7. The van der Waals surface area contributed by atoms with Crippen molar-refractivity contribution in [1.82, 2.24) is 15.0 Å². The molecule has 2 heterocycles. The van der Waals surface area contributed by atoms with Crippen LogP contribution in [0, 0.1) is 10.1 Å². The first-order chi connectivity index (χ1) is 12.8. The average Bonchev–Trinajstić information content (AvgIpc) is 3.01. The summed E-state index contributed by atoms with van der Waals surface area (Å²) in [5.41, 5.74) is 2.45. The Hall–Kier alpha value is -2.10. The van der Waals surface area contributed by atoms with E-state index in [9.17, 15) is 10.1 Å². The molecule has 1 aliphatic heterocycles. The number of hydrogen-bond donors (Lipinski definition) is 0. The first-order valence-electron chi connectivity index (χ1n) is 9.24. The minimum Gasteiger partial charge on any atom is -0.353 e. The van der Waals surface area contributed by atoms with Crippen molar-refractivity contribution in [2.45, 2.75) is 58.0 Å². The highest BCUT2D eigenvalue weighted by Gasteiger charge is 2.23. The van der Waals surface area contributed by atoms with Crippen molar-refractivity contribution in [3.63, 3.8) is 0 Å². The second-order valence-corrected chi connectivity index (χ2v) is 13.5. The molecule has 1 fully saturated rings. The number of benzene rings is 1. The molecule has 2 aromatic rings. The Morgan fingerprint density at radius 2 is 2.04 bits per heavy atom. The van der Waals surface area contributed by atoms with Crippen molar-refractivity contribution in [1.29, 1.82) is 0 Å². The molecular formula is C18H26N4O4Si. The summed E-state index contributed by atoms with van der Waals surface area (Å²) in [5, 5.41) is 19.6. The molecule has 8 nitrogen and oxygen atoms in total. The van der Waals surface area contributed by atoms with Crippen molar-refractivity contribution in [3.8, 4) is 11.3 Å². The summed E-state index contributed by atoms with van der Waals surface area (Å²) in [6, 6.07) is 6.40. The van der Waals surface area contributed by atoms with E-state index < -0.39 is 13.0 Å². The maximum absolute atomic E-state index is 10.9. The van der Waals surface area contributed by atoms with Crippen molar-refractivity contribution < 1.29 is 14.4 Å². The quantitative estimate of drug-likeness (QED) is 0.406. The first-order valence-corrected chi connectivity index (χ1v) is 12.9. The summed E-state index contributed by atoms with van der Waals surface area (Å²) in [7, 11) is -1.43. The largest absolute Gasteiger partial charge is 0.353 e. The van der Waals surface area contributed by atoms with Gasteiger partial charge < -0.3 is 9.47 Å². The summed E-state index contributed by atoms with van der Waals surface area (Å²) < 4.78 is 13.6. The number of nitro groups is 1. The van der Waals surface area contributed by atoms with Crippen molar-refractivity contribution in [2.75, 3.05) is 6.61 Å². The van der Waals surface area contributed by atoms with Crippen molar-refractivity contribution in [3.05, 3.63) is 40.1 Å². The lowest BCUT2D eigenvalue weighted by Crippen LogP contribution is -2.30. The number of nitrogens with zero attached hydrogens (tertiary/aromatic N) is 4. The Morgan fingerprint density at radius 3 is 2.63 bits per heavy atom. The van der Waals surface area contributed by atoms with Crippen LogP contribution in [0.5, 0.6) is 0 Å². The highest BCUT2D eigenvalue weighted by atomic mass is 28.3. The third-order valence-electron chi connectivity index (χ3n) is 4.36. The lowest BCUT2D eigenvalue weighted by Gasteiger charge is -2.23. The average molecular weight is 391 g/mol. The van der Waals surface area contributed by atoms with Gasteiger partial charge in [0.15, 0.2) is 6.29 Å². The molecule has 146 valence electrons. The normalized spacial score (nSPS) is 17.8. The summed E-state index contributed by atoms with van der Waals surface area (Å²) in [4.78, 5) is 10.5. The topological polar surface area (TPSA) is 92.3 Å². The molecule has 0 bridgehead atoms. The molecule has 0 radical (unpaired) electrons. The van der Waals surface area contributed by atoms with Gasteiger partial charge in [0.2, 0.25) is 0 Å². The van der Waals surface area contributed by atoms with Gasteiger partial charge in [0, 0.05) is 30.5 Å². The monoisotopic (exact) mass is 390 g/mol. The van der Waals surface area contributed by atoms with Crippen LogP contribution < -0.4 is 0 Å². The van der Waals surface area contributed by atoms with E-state index in [0.29, 0.717) is 12.3 Å². The van der Waals surface area contributed by atoms with E-state index in [1.54, 1.807) is 12.1 Å². The van der Waals surface area contributed by atoms with E-state index in [-0.39, 0.29) is 12.0 Å². The molecule has 1 aliphatic rings. The predicted molar refractivity (Wildman–Crippen MR) is 104 cm³/mol. The standard InChI is InChI=1S/C18H26N4O4Si/c1-27(2,3)13-21-16(12-26-17-6-4-5-11-25-17)18(19-20-21)14-7-9-15(10-8-14)22(23)24/h7-10,17H,4-6,11-13H2,1-3H3. The van der Waals surface area contributed by atoms with E-state index in [4.69, 9.17) is 9.47 Å². The summed E-state index contributed by atoms with van der Waals surface area (Å²) in [6.45, 7) is 7.90. The predicted octanol–water partition coefficient (Wildman–Crippen LogP) is 3.77. The third kappa shape index (κ3) is 5.21. The van der Waals surface area contributed by atoms with Gasteiger partial charge in [-0.15, -0.1) is 5.10 Å². The van der Waals surface area contributed by atoms with Gasteiger partial charge in [-0.2, -0.15) is 0 Å². The fourth-order valence-corrected chi connectivity index (χ4v) is 4.18. The number of aromatic nitrogens is 3. The fraction of sp³-hybridized carbons (Fsp3) is 0.556. The summed E-state index contributed by atoms with van der Waals surface area (Å²) >= 11 is 0. The maximum atomic E-state index is 10.9. The van der Waals surface area contributed by atoms with Crippen molar-refractivity contribution in [2.24, 2.45) is 0 Å². The number of non-ortho nitro benzene ring substituents is 1. The van der Waals surface area contributed by atoms with Crippen LogP contribution >= 0.6 is 0 Å². The zero-order valence-electron chi connectivity index (χ0n) is 16.1. The Morgan fingerprint density at radius 1 is 1.30 bits per heavy atom. The van der Waals surface area contributed by atoms with E-state index in [1.165, 1.54) is 12.1 Å². The van der Waals surface area contributed by atoms with Gasteiger partial charge in [0.05, 0.1) is 25.3 Å². The van der Waals surface area contributed by atoms with Crippen LogP contribution in [0.15, 0.2) is 24.3 Å². The van der Waals surface area contributed by atoms with Gasteiger partial charge in [0.1, 0.15) is 5.69 Å². The van der Waals surface area contributed by atoms with E-state index in [2.05, 4.69) is 30.0 Å². The van der Waals surface area contributed by atoms with Crippen LogP contribution in [0.2, 0.25) is 19.6 Å².